The van der Waals surface area contributed by atoms with Crippen molar-refractivity contribution in [2.45, 2.75) is 26.4 Å². The lowest BCUT2D eigenvalue weighted by molar-refractivity contribution is -0.138. The molecule has 0 aromatic heterocycles. The molecule has 2 amide bonds. The normalized spacial score (nSPS) is 21.2. The molecule has 1 aliphatic heterocycles. The van der Waals surface area contributed by atoms with E-state index in [4.69, 9.17) is 4.74 Å². The molecule has 1 aliphatic rings. The molecule has 86 valence electrons. The monoisotopic (exact) mass is 214 g/mol. The molecule has 1 atom stereocenters. The number of carbonyl (C=O) groups is 2. The van der Waals surface area contributed by atoms with Crippen LogP contribution in [-0.4, -0.2) is 49.1 Å². The lowest BCUT2D eigenvalue weighted by Gasteiger charge is -2.32. The maximum absolute atomic E-state index is 11.4. The average molecular weight is 214 g/mol. The maximum Gasteiger partial charge on any atom is 0.222 e. The van der Waals surface area contributed by atoms with E-state index in [1.165, 1.54) is 6.92 Å². The highest BCUT2D eigenvalue weighted by atomic mass is 16.5. The van der Waals surface area contributed by atoms with Gasteiger partial charge in [0.05, 0.1) is 12.7 Å². The van der Waals surface area contributed by atoms with Crippen molar-refractivity contribution in [2.75, 3.05) is 26.2 Å². The molecule has 5 heteroatoms. The fraction of sp³-hybridized carbons (Fsp3) is 0.800. The summed E-state index contributed by atoms with van der Waals surface area (Å²) in [5.74, 6) is 0.0728. The molecular weight excluding hydrogens is 196 g/mol. The van der Waals surface area contributed by atoms with Gasteiger partial charge in [0, 0.05) is 33.0 Å². The number of nitrogens with zero attached hydrogens (tertiary/aromatic N) is 1. The summed E-state index contributed by atoms with van der Waals surface area (Å²) in [4.78, 5) is 23.9. The number of ether oxygens (including phenoxy) is 1. The minimum atomic E-state index is -0.0717. The van der Waals surface area contributed by atoms with E-state index in [9.17, 15) is 9.59 Å². The van der Waals surface area contributed by atoms with Gasteiger partial charge in [-0.25, -0.2) is 0 Å². The van der Waals surface area contributed by atoms with Gasteiger partial charge in [0.15, 0.2) is 0 Å². The summed E-state index contributed by atoms with van der Waals surface area (Å²) in [6, 6.07) is 0. The van der Waals surface area contributed by atoms with E-state index in [0.717, 1.165) is 0 Å². The van der Waals surface area contributed by atoms with Crippen LogP contribution in [0, 0.1) is 0 Å². The number of carbonyl (C=O) groups excluding carboxylic acids is 2. The van der Waals surface area contributed by atoms with Gasteiger partial charge in [0.2, 0.25) is 11.8 Å². The molecule has 1 unspecified atom stereocenters. The van der Waals surface area contributed by atoms with Crippen LogP contribution < -0.4 is 5.32 Å². The van der Waals surface area contributed by atoms with E-state index >= 15 is 0 Å². The molecule has 0 spiro atoms. The number of nitrogens with one attached hydrogen (secondary N) is 1. The van der Waals surface area contributed by atoms with Crippen molar-refractivity contribution in [1.29, 1.82) is 0 Å². The standard InChI is InChI=1S/C10H18N2O3/c1-3-10(14)12-4-5-15-9(7-12)6-11-8(2)13/h9H,3-7H2,1-2H3,(H,11,13). The Morgan fingerprint density at radius 1 is 1.53 bits per heavy atom. The lowest BCUT2D eigenvalue weighted by Crippen LogP contribution is -2.49. The van der Waals surface area contributed by atoms with Crippen LogP contribution >= 0.6 is 0 Å². The highest BCUT2D eigenvalue weighted by Gasteiger charge is 2.22. The van der Waals surface area contributed by atoms with Crippen molar-refractivity contribution < 1.29 is 14.3 Å². The Hall–Kier alpha value is -1.10. The first kappa shape index (κ1) is 12.0. The molecule has 0 aromatic carbocycles. The lowest BCUT2D eigenvalue weighted by atomic mass is 10.2. The number of amides is 2. The Balaban J connectivity index is 2.35. The fourth-order valence-electron chi connectivity index (χ4n) is 1.55. The number of morpholine rings is 1. The molecule has 1 fully saturated rings. The van der Waals surface area contributed by atoms with Crippen molar-refractivity contribution in [2.24, 2.45) is 0 Å². The quantitative estimate of drug-likeness (QED) is 0.705. The van der Waals surface area contributed by atoms with E-state index in [1.807, 2.05) is 6.92 Å². The van der Waals surface area contributed by atoms with Crippen LogP contribution in [-0.2, 0) is 14.3 Å². The van der Waals surface area contributed by atoms with Gasteiger partial charge in [-0.15, -0.1) is 0 Å². The molecule has 1 rings (SSSR count). The summed E-state index contributed by atoms with van der Waals surface area (Å²) in [5, 5.41) is 2.69. The predicted molar refractivity (Wildman–Crippen MR) is 55.3 cm³/mol. The van der Waals surface area contributed by atoms with E-state index in [2.05, 4.69) is 5.32 Å². The third-order valence-electron chi connectivity index (χ3n) is 2.37. The van der Waals surface area contributed by atoms with Gasteiger partial charge in [-0.2, -0.15) is 0 Å². The first-order valence-corrected chi connectivity index (χ1v) is 5.27. The zero-order valence-electron chi connectivity index (χ0n) is 9.28. The first-order valence-electron chi connectivity index (χ1n) is 5.27. The van der Waals surface area contributed by atoms with E-state index in [0.29, 0.717) is 32.7 Å². The summed E-state index contributed by atoms with van der Waals surface area (Å²) in [6.45, 7) is 5.58. The minimum absolute atomic E-state index is 0.0712. The molecular formula is C10H18N2O3. The molecule has 15 heavy (non-hydrogen) atoms. The van der Waals surface area contributed by atoms with Crippen molar-refractivity contribution in [3.8, 4) is 0 Å². The Labute approximate surface area is 89.8 Å². The van der Waals surface area contributed by atoms with Crippen molar-refractivity contribution >= 4 is 11.8 Å². The van der Waals surface area contributed by atoms with Gasteiger partial charge in [0.1, 0.15) is 0 Å². The number of rotatable bonds is 3. The fourth-order valence-corrected chi connectivity index (χ4v) is 1.55. The number of hydrogen-bond acceptors (Lipinski definition) is 3. The van der Waals surface area contributed by atoms with Crippen LogP contribution in [0.5, 0.6) is 0 Å². The SMILES string of the molecule is CCC(=O)N1CCOC(CNC(C)=O)C1. The van der Waals surface area contributed by atoms with Crippen molar-refractivity contribution in [3.05, 3.63) is 0 Å². The molecule has 0 saturated carbocycles. The second-order valence-corrected chi connectivity index (χ2v) is 3.62. The maximum atomic E-state index is 11.4. The van der Waals surface area contributed by atoms with Gasteiger partial charge in [0.25, 0.3) is 0 Å². The van der Waals surface area contributed by atoms with Crippen LogP contribution in [0.4, 0.5) is 0 Å². The van der Waals surface area contributed by atoms with Crippen LogP contribution in [0.15, 0.2) is 0 Å². The molecule has 0 radical (unpaired) electrons. The van der Waals surface area contributed by atoms with E-state index in [1.54, 1.807) is 4.90 Å². The van der Waals surface area contributed by atoms with Gasteiger partial charge < -0.3 is 15.0 Å². The highest BCUT2D eigenvalue weighted by molar-refractivity contribution is 5.76. The molecule has 0 aliphatic carbocycles. The number of hydrogen-bond donors (Lipinski definition) is 1. The Morgan fingerprint density at radius 3 is 2.87 bits per heavy atom. The van der Waals surface area contributed by atoms with Gasteiger partial charge in [-0.1, -0.05) is 6.92 Å². The zero-order chi connectivity index (χ0) is 11.3. The summed E-state index contributed by atoms with van der Waals surface area (Å²) in [6.07, 6.45) is 0.450. The average Bonchev–Trinajstić information content (AvgIpc) is 2.25. The highest BCUT2D eigenvalue weighted by Crippen LogP contribution is 2.05. The van der Waals surface area contributed by atoms with E-state index < -0.39 is 0 Å². The Morgan fingerprint density at radius 2 is 2.27 bits per heavy atom. The summed E-state index contributed by atoms with van der Waals surface area (Å²) < 4.78 is 5.44. The minimum Gasteiger partial charge on any atom is -0.373 e. The molecule has 1 heterocycles. The molecule has 0 bridgehead atoms. The van der Waals surface area contributed by atoms with E-state index in [-0.39, 0.29) is 17.9 Å². The van der Waals surface area contributed by atoms with Crippen LogP contribution in [0.25, 0.3) is 0 Å². The van der Waals surface area contributed by atoms with Crippen molar-refractivity contribution in [3.63, 3.8) is 0 Å². The summed E-state index contributed by atoms with van der Waals surface area (Å²) in [5.41, 5.74) is 0. The summed E-state index contributed by atoms with van der Waals surface area (Å²) >= 11 is 0. The second kappa shape index (κ2) is 5.70. The van der Waals surface area contributed by atoms with Gasteiger partial charge in [-0.3, -0.25) is 9.59 Å². The summed E-state index contributed by atoms with van der Waals surface area (Å²) in [7, 11) is 0. The topological polar surface area (TPSA) is 58.6 Å². The van der Waals surface area contributed by atoms with Crippen LogP contribution in [0.2, 0.25) is 0 Å². The third-order valence-corrected chi connectivity index (χ3v) is 2.37. The Bertz CT molecular complexity index is 243. The molecule has 1 N–H and O–H groups in total. The largest absolute Gasteiger partial charge is 0.373 e. The first-order chi connectivity index (χ1) is 7.13. The Kier molecular flexibility index (Phi) is 4.55. The van der Waals surface area contributed by atoms with Gasteiger partial charge >= 0.3 is 0 Å². The van der Waals surface area contributed by atoms with Crippen LogP contribution in [0.1, 0.15) is 20.3 Å². The third kappa shape index (κ3) is 3.87. The smallest absolute Gasteiger partial charge is 0.222 e. The zero-order valence-corrected chi connectivity index (χ0v) is 9.28. The van der Waals surface area contributed by atoms with Crippen molar-refractivity contribution in [1.82, 2.24) is 10.2 Å². The molecule has 0 aromatic rings. The second-order valence-electron chi connectivity index (χ2n) is 3.62. The van der Waals surface area contributed by atoms with Gasteiger partial charge in [-0.05, 0) is 0 Å². The molecule has 5 nitrogen and oxygen atoms in total. The molecule has 1 saturated heterocycles. The van der Waals surface area contributed by atoms with Crippen LogP contribution in [0.3, 0.4) is 0 Å². The predicted octanol–water partition coefficient (Wildman–Crippen LogP) is -0.240.